The lowest BCUT2D eigenvalue weighted by Crippen LogP contribution is -2.31. The Bertz CT molecular complexity index is 906. The second-order valence-electron chi connectivity index (χ2n) is 6.95. The summed E-state index contributed by atoms with van der Waals surface area (Å²) in [5.74, 6) is 1.82. The molecule has 1 N–H and O–H groups in total. The van der Waals surface area contributed by atoms with Crippen LogP contribution in [-0.4, -0.2) is 21.7 Å². The second-order valence-corrected chi connectivity index (χ2v) is 6.95. The van der Waals surface area contributed by atoms with Crippen LogP contribution in [0.5, 0.6) is 0 Å². The van der Waals surface area contributed by atoms with Gasteiger partial charge in [-0.1, -0.05) is 56.3 Å². The molecule has 1 aliphatic rings. The van der Waals surface area contributed by atoms with Crippen LogP contribution >= 0.6 is 0 Å². The van der Waals surface area contributed by atoms with E-state index in [0.717, 1.165) is 31.0 Å². The van der Waals surface area contributed by atoms with Crippen LogP contribution < -0.4 is 10.2 Å². The van der Waals surface area contributed by atoms with Crippen molar-refractivity contribution in [2.75, 3.05) is 16.8 Å². The molecule has 1 aliphatic heterocycles. The molecule has 0 spiro atoms. The number of para-hydroxylation sites is 1. The van der Waals surface area contributed by atoms with E-state index in [1.165, 1.54) is 16.7 Å². The normalized spacial score (nSPS) is 13.6. The van der Waals surface area contributed by atoms with Crippen LogP contribution in [0.4, 0.5) is 17.5 Å². The van der Waals surface area contributed by atoms with Gasteiger partial charge >= 0.3 is 0 Å². The summed E-state index contributed by atoms with van der Waals surface area (Å²) < 4.78 is 0. The second kappa shape index (κ2) is 7.12. The number of rotatable bonds is 4. The Hall–Kier alpha value is -2.95. The first-order valence-corrected chi connectivity index (χ1v) is 9.08. The third kappa shape index (κ3) is 3.38. The lowest BCUT2D eigenvalue weighted by Gasteiger charge is -2.29. The van der Waals surface area contributed by atoms with Crippen molar-refractivity contribution in [2.45, 2.75) is 32.7 Å². The first-order valence-electron chi connectivity index (χ1n) is 9.08. The Labute approximate surface area is 154 Å². The van der Waals surface area contributed by atoms with Crippen LogP contribution in [0.25, 0.3) is 0 Å². The highest BCUT2D eigenvalue weighted by Gasteiger charge is 2.18. The zero-order valence-corrected chi connectivity index (χ0v) is 15.2. The molecule has 132 valence electrons. The van der Waals surface area contributed by atoms with E-state index in [2.05, 4.69) is 76.7 Å². The first kappa shape index (κ1) is 16.5. The van der Waals surface area contributed by atoms with E-state index in [4.69, 9.17) is 4.98 Å². The van der Waals surface area contributed by atoms with Crippen molar-refractivity contribution in [3.8, 4) is 0 Å². The Kier molecular flexibility index (Phi) is 4.52. The molecule has 4 rings (SSSR count). The highest BCUT2D eigenvalue weighted by atomic mass is 15.3. The molecule has 2 aromatic carbocycles. The molecule has 0 amide bonds. The first-order chi connectivity index (χ1) is 12.7. The molecule has 0 fully saturated rings. The van der Waals surface area contributed by atoms with Gasteiger partial charge in [0, 0.05) is 18.8 Å². The topological polar surface area (TPSA) is 53.9 Å². The van der Waals surface area contributed by atoms with Crippen molar-refractivity contribution < 1.29 is 0 Å². The van der Waals surface area contributed by atoms with E-state index in [1.807, 2.05) is 6.07 Å². The maximum Gasteiger partial charge on any atom is 0.249 e. The van der Waals surface area contributed by atoms with Crippen molar-refractivity contribution in [2.24, 2.45) is 0 Å². The van der Waals surface area contributed by atoms with Gasteiger partial charge in [0.1, 0.15) is 0 Å². The molecule has 26 heavy (non-hydrogen) atoms. The molecule has 5 heteroatoms. The summed E-state index contributed by atoms with van der Waals surface area (Å²) in [7, 11) is 0. The molecule has 1 aromatic heterocycles. The quantitative estimate of drug-likeness (QED) is 0.764. The van der Waals surface area contributed by atoms with Crippen molar-refractivity contribution in [1.82, 2.24) is 15.2 Å². The van der Waals surface area contributed by atoms with Crippen molar-refractivity contribution in [1.29, 1.82) is 0 Å². The third-order valence-corrected chi connectivity index (χ3v) is 4.83. The van der Waals surface area contributed by atoms with E-state index in [-0.39, 0.29) is 0 Å². The highest BCUT2D eigenvalue weighted by Crippen LogP contribution is 2.27. The molecule has 0 unspecified atom stereocenters. The maximum atomic E-state index is 4.71. The zero-order valence-electron chi connectivity index (χ0n) is 15.2. The minimum absolute atomic E-state index is 0.424. The number of anilines is 3. The van der Waals surface area contributed by atoms with E-state index in [1.54, 1.807) is 6.20 Å². The van der Waals surface area contributed by atoms with Crippen molar-refractivity contribution in [3.05, 3.63) is 71.4 Å². The summed E-state index contributed by atoms with van der Waals surface area (Å²) in [6.07, 6.45) is 2.77. The summed E-state index contributed by atoms with van der Waals surface area (Å²) >= 11 is 0. The fourth-order valence-electron chi connectivity index (χ4n) is 3.43. The lowest BCUT2D eigenvalue weighted by atomic mass is 10.0. The lowest BCUT2D eigenvalue weighted by molar-refractivity contribution is 0.715. The molecule has 0 saturated carbocycles. The average Bonchev–Trinajstić information content (AvgIpc) is 2.68. The van der Waals surface area contributed by atoms with E-state index in [0.29, 0.717) is 11.9 Å². The van der Waals surface area contributed by atoms with Gasteiger partial charge in [0.05, 0.1) is 6.20 Å². The summed E-state index contributed by atoms with van der Waals surface area (Å²) in [5, 5.41) is 11.7. The number of hydrogen-bond donors (Lipinski definition) is 1. The van der Waals surface area contributed by atoms with Gasteiger partial charge in [-0.05, 0) is 35.1 Å². The Morgan fingerprint density at radius 1 is 1.00 bits per heavy atom. The number of benzene rings is 2. The Balaban J connectivity index is 1.57. The van der Waals surface area contributed by atoms with Gasteiger partial charge in [-0.25, -0.2) is 0 Å². The van der Waals surface area contributed by atoms with Crippen molar-refractivity contribution >= 4 is 17.5 Å². The van der Waals surface area contributed by atoms with Crippen LogP contribution in [0.3, 0.4) is 0 Å². The van der Waals surface area contributed by atoms with Crippen LogP contribution in [0.1, 0.15) is 36.5 Å². The smallest absolute Gasteiger partial charge is 0.249 e. The summed E-state index contributed by atoms with van der Waals surface area (Å²) in [4.78, 5) is 6.97. The number of hydrogen-bond acceptors (Lipinski definition) is 5. The largest absolute Gasteiger partial charge is 0.350 e. The van der Waals surface area contributed by atoms with Gasteiger partial charge in [0.2, 0.25) is 5.95 Å². The molecule has 5 nitrogen and oxygen atoms in total. The molecule has 0 aliphatic carbocycles. The summed E-state index contributed by atoms with van der Waals surface area (Å²) in [6.45, 7) is 6.16. The summed E-state index contributed by atoms with van der Waals surface area (Å²) in [5.41, 5.74) is 5.06. The van der Waals surface area contributed by atoms with Gasteiger partial charge in [-0.15, -0.1) is 5.10 Å². The fourth-order valence-corrected chi connectivity index (χ4v) is 3.43. The van der Waals surface area contributed by atoms with E-state index >= 15 is 0 Å². The van der Waals surface area contributed by atoms with Crippen LogP contribution in [0.2, 0.25) is 0 Å². The van der Waals surface area contributed by atoms with Crippen molar-refractivity contribution in [3.63, 3.8) is 0 Å². The van der Waals surface area contributed by atoms with Crippen LogP contribution in [0.15, 0.2) is 54.7 Å². The minimum atomic E-state index is 0.424. The van der Waals surface area contributed by atoms with Gasteiger partial charge in [-0.3, -0.25) is 0 Å². The Morgan fingerprint density at radius 3 is 2.62 bits per heavy atom. The molecule has 3 aromatic rings. The molecule has 0 radical (unpaired) electrons. The summed E-state index contributed by atoms with van der Waals surface area (Å²) in [6, 6.07) is 16.9. The molecule has 0 atom stereocenters. The molecular formula is C21H23N5. The number of fused-ring (bicyclic) bond motifs is 1. The van der Waals surface area contributed by atoms with E-state index in [9.17, 15) is 0 Å². The van der Waals surface area contributed by atoms with Gasteiger partial charge in [0.25, 0.3) is 0 Å². The maximum absolute atomic E-state index is 4.71. The molecular weight excluding hydrogens is 322 g/mol. The fraction of sp³-hybridized carbons (Fsp3) is 0.286. The highest BCUT2D eigenvalue weighted by molar-refractivity contribution is 5.60. The molecule has 2 heterocycles. The van der Waals surface area contributed by atoms with Crippen LogP contribution in [0, 0.1) is 0 Å². The number of nitrogens with one attached hydrogen (secondary N) is 1. The standard InChI is InChI=1S/C21H23N5/c1-15(2)18-9-5-6-10-19(18)23-21-24-20(13-22-25-21)26-12-11-16-7-3-4-8-17(16)14-26/h3-10,13,15H,11-12,14H2,1-2H3,(H,23,24,25). The van der Waals surface area contributed by atoms with Gasteiger partial charge < -0.3 is 10.2 Å². The monoisotopic (exact) mass is 345 g/mol. The third-order valence-electron chi connectivity index (χ3n) is 4.83. The van der Waals surface area contributed by atoms with Gasteiger partial charge in [-0.2, -0.15) is 10.1 Å². The predicted octanol–water partition coefficient (Wildman–Crippen LogP) is 4.30. The average molecular weight is 345 g/mol. The SMILES string of the molecule is CC(C)c1ccccc1Nc1nncc(N2CCc3ccccc3C2)n1. The number of aromatic nitrogens is 3. The van der Waals surface area contributed by atoms with E-state index < -0.39 is 0 Å². The Morgan fingerprint density at radius 2 is 1.77 bits per heavy atom. The minimum Gasteiger partial charge on any atom is -0.350 e. The predicted molar refractivity (Wildman–Crippen MR) is 105 cm³/mol. The number of nitrogens with zero attached hydrogens (tertiary/aromatic N) is 4. The molecule has 0 bridgehead atoms. The van der Waals surface area contributed by atoms with Crippen LogP contribution in [-0.2, 0) is 13.0 Å². The van der Waals surface area contributed by atoms with Gasteiger partial charge in [0.15, 0.2) is 5.82 Å². The molecule has 0 saturated heterocycles. The zero-order chi connectivity index (χ0) is 17.9.